The summed E-state index contributed by atoms with van der Waals surface area (Å²) in [6.45, 7) is 2.99. The van der Waals surface area contributed by atoms with Crippen LogP contribution in [-0.4, -0.2) is 47.0 Å². The van der Waals surface area contributed by atoms with Gasteiger partial charge in [-0.05, 0) is 43.9 Å². The number of nitro benzene ring substituents is 1. The average Bonchev–Trinajstić information content (AvgIpc) is 3.38. The molecule has 9 nitrogen and oxygen atoms in total. The van der Waals surface area contributed by atoms with Crippen LogP contribution < -0.4 is 15.1 Å². The number of nitro groups is 1. The van der Waals surface area contributed by atoms with Gasteiger partial charge in [-0.1, -0.05) is 24.3 Å². The number of piperidine rings is 1. The molecular formula is C24H26N6O3. The molecule has 170 valence electrons. The van der Waals surface area contributed by atoms with Crippen LogP contribution in [0.15, 0.2) is 48.5 Å². The number of amides is 1. The zero-order valence-corrected chi connectivity index (χ0v) is 18.3. The van der Waals surface area contributed by atoms with Gasteiger partial charge in [0, 0.05) is 38.2 Å². The number of benzene rings is 2. The molecule has 0 unspecified atom stereocenters. The molecule has 0 radical (unpaired) electrons. The Morgan fingerprint density at radius 1 is 0.909 bits per heavy atom. The molecular weight excluding hydrogens is 420 g/mol. The second kappa shape index (κ2) is 9.01. The minimum atomic E-state index is -0.355. The third-order valence-corrected chi connectivity index (χ3v) is 6.48. The third-order valence-electron chi connectivity index (χ3n) is 6.48. The molecule has 1 N–H and O–H groups in total. The lowest BCUT2D eigenvalue weighted by Crippen LogP contribution is -2.38. The molecule has 3 heterocycles. The maximum absolute atomic E-state index is 13.2. The number of hydrogen-bond acceptors (Lipinski definition) is 7. The average molecular weight is 447 g/mol. The molecule has 1 amide bonds. The zero-order valence-electron chi connectivity index (χ0n) is 18.3. The largest absolute Gasteiger partial charge is 0.366 e. The Labute approximate surface area is 191 Å². The van der Waals surface area contributed by atoms with Crippen LogP contribution in [0.3, 0.4) is 0 Å². The lowest BCUT2D eigenvalue weighted by Gasteiger charge is -2.32. The Kier molecular flexibility index (Phi) is 5.77. The van der Waals surface area contributed by atoms with Crippen molar-refractivity contribution in [2.45, 2.75) is 25.7 Å². The molecule has 0 saturated carbocycles. The highest BCUT2D eigenvalue weighted by atomic mass is 16.6. The standard InChI is InChI=1S/C24H26N6O3/c31-24(17-11-15-28(16-12-17)20-9-3-4-10-21(20)30(32)33)27-22-23(29-13-5-6-14-29)26-19-8-2-1-7-18(19)25-22/h1-4,7-10,17H,5-6,11-16H2,(H,25,27,31). The van der Waals surface area contributed by atoms with E-state index in [0.29, 0.717) is 37.4 Å². The van der Waals surface area contributed by atoms with E-state index in [1.807, 2.05) is 29.2 Å². The summed E-state index contributed by atoms with van der Waals surface area (Å²) in [6, 6.07) is 14.5. The molecule has 2 fully saturated rings. The summed E-state index contributed by atoms with van der Waals surface area (Å²) < 4.78 is 0. The Balaban J connectivity index is 1.32. The highest BCUT2D eigenvalue weighted by Crippen LogP contribution is 2.32. The molecule has 3 aromatic rings. The van der Waals surface area contributed by atoms with Gasteiger partial charge in [-0.15, -0.1) is 0 Å². The molecule has 0 aliphatic carbocycles. The number of nitrogens with zero attached hydrogens (tertiary/aromatic N) is 5. The second-order valence-electron chi connectivity index (χ2n) is 8.58. The normalized spacial score (nSPS) is 16.8. The summed E-state index contributed by atoms with van der Waals surface area (Å²) >= 11 is 0. The molecule has 9 heteroatoms. The monoisotopic (exact) mass is 446 g/mol. The van der Waals surface area contributed by atoms with Crippen LogP contribution in [-0.2, 0) is 4.79 Å². The number of aromatic nitrogens is 2. The number of carbonyl (C=O) groups is 1. The Hall–Kier alpha value is -3.75. The van der Waals surface area contributed by atoms with Crippen molar-refractivity contribution in [3.8, 4) is 0 Å². The van der Waals surface area contributed by atoms with Crippen LogP contribution in [0, 0.1) is 16.0 Å². The van der Waals surface area contributed by atoms with Crippen molar-refractivity contribution < 1.29 is 9.72 Å². The van der Waals surface area contributed by atoms with Crippen molar-refractivity contribution in [3.05, 3.63) is 58.6 Å². The third kappa shape index (κ3) is 4.30. The summed E-state index contributed by atoms with van der Waals surface area (Å²) in [6.07, 6.45) is 3.45. The Bertz CT molecular complexity index is 1190. The van der Waals surface area contributed by atoms with Gasteiger partial charge >= 0.3 is 0 Å². The molecule has 33 heavy (non-hydrogen) atoms. The first-order valence-electron chi connectivity index (χ1n) is 11.4. The molecule has 0 bridgehead atoms. The lowest BCUT2D eigenvalue weighted by atomic mass is 9.95. The van der Waals surface area contributed by atoms with Crippen molar-refractivity contribution in [1.29, 1.82) is 0 Å². The van der Waals surface area contributed by atoms with Crippen molar-refractivity contribution in [1.82, 2.24) is 9.97 Å². The number of para-hydroxylation sites is 4. The topological polar surface area (TPSA) is 104 Å². The van der Waals surface area contributed by atoms with Crippen LogP contribution in [0.5, 0.6) is 0 Å². The first kappa shape index (κ1) is 21.1. The molecule has 2 saturated heterocycles. The highest BCUT2D eigenvalue weighted by molar-refractivity contribution is 5.95. The van der Waals surface area contributed by atoms with E-state index in [-0.39, 0.29) is 22.4 Å². The van der Waals surface area contributed by atoms with E-state index in [9.17, 15) is 14.9 Å². The van der Waals surface area contributed by atoms with Crippen LogP contribution in [0.4, 0.5) is 23.0 Å². The summed E-state index contributed by atoms with van der Waals surface area (Å²) in [5.41, 5.74) is 2.28. The number of nitrogens with one attached hydrogen (secondary N) is 1. The van der Waals surface area contributed by atoms with Crippen molar-refractivity contribution in [2.75, 3.05) is 41.3 Å². The van der Waals surface area contributed by atoms with Gasteiger partial charge in [0.25, 0.3) is 5.69 Å². The molecule has 0 atom stereocenters. The van der Waals surface area contributed by atoms with Gasteiger partial charge in [0.2, 0.25) is 5.91 Å². The zero-order chi connectivity index (χ0) is 22.8. The van der Waals surface area contributed by atoms with Gasteiger partial charge in [-0.2, -0.15) is 0 Å². The quantitative estimate of drug-likeness (QED) is 0.467. The molecule has 2 aliphatic heterocycles. The highest BCUT2D eigenvalue weighted by Gasteiger charge is 2.29. The number of rotatable bonds is 5. The Morgan fingerprint density at radius 2 is 1.55 bits per heavy atom. The SMILES string of the molecule is O=C(Nc1nc2ccccc2nc1N1CCCC1)C1CCN(c2ccccc2[N+](=O)[O-])CC1. The van der Waals surface area contributed by atoms with E-state index in [0.717, 1.165) is 42.8 Å². The van der Waals surface area contributed by atoms with E-state index in [1.54, 1.807) is 18.2 Å². The van der Waals surface area contributed by atoms with E-state index < -0.39 is 0 Å². The predicted molar refractivity (Wildman–Crippen MR) is 128 cm³/mol. The first-order valence-corrected chi connectivity index (χ1v) is 11.4. The van der Waals surface area contributed by atoms with Crippen LogP contribution in [0.2, 0.25) is 0 Å². The van der Waals surface area contributed by atoms with Gasteiger partial charge in [0.05, 0.1) is 16.0 Å². The van der Waals surface area contributed by atoms with Crippen LogP contribution in [0.1, 0.15) is 25.7 Å². The van der Waals surface area contributed by atoms with E-state index in [4.69, 9.17) is 9.97 Å². The molecule has 0 spiro atoms. The van der Waals surface area contributed by atoms with Crippen LogP contribution in [0.25, 0.3) is 11.0 Å². The number of carbonyl (C=O) groups excluding carboxylic acids is 1. The fourth-order valence-electron chi connectivity index (χ4n) is 4.71. The van der Waals surface area contributed by atoms with Crippen molar-refractivity contribution >= 4 is 40.0 Å². The van der Waals surface area contributed by atoms with E-state index in [2.05, 4.69) is 10.2 Å². The smallest absolute Gasteiger partial charge is 0.292 e. The van der Waals surface area contributed by atoms with Crippen LogP contribution >= 0.6 is 0 Å². The Morgan fingerprint density at radius 3 is 2.24 bits per heavy atom. The number of fused-ring (bicyclic) bond motifs is 1. The van der Waals surface area contributed by atoms with E-state index >= 15 is 0 Å². The molecule has 2 aliphatic rings. The maximum atomic E-state index is 13.2. The summed E-state index contributed by atoms with van der Waals surface area (Å²) in [5.74, 6) is 1.00. The first-order chi connectivity index (χ1) is 16.1. The van der Waals surface area contributed by atoms with Crippen molar-refractivity contribution in [3.63, 3.8) is 0 Å². The fraction of sp³-hybridized carbons (Fsp3) is 0.375. The number of anilines is 3. The summed E-state index contributed by atoms with van der Waals surface area (Å²) in [4.78, 5) is 37.9. The lowest BCUT2D eigenvalue weighted by molar-refractivity contribution is -0.384. The van der Waals surface area contributed by atoms with E-state index in [1.165, 1.54) is 6.07 Å². The van der Waals surface area contributed by atoms with Gasteiger partial charge in [0.1, 0.15) is 5.69 Å². The van der Waals surface area contributed by atoms with Gasteiger partial charge in [-0.3, -0.25) is 14.9 Å². The fourth-order valence-corrected chi connectivity index (χ4v) is 4.71. The minimum Gasteiger partial charge on any atom is -0.366 e. The van der Waals surface area contributed by atoms with Gasteiger partial charge in [0.15, 0.2) is 11.6 Å². The maximum Gasteiger partial charge on any atom is 0.292 e. The number of hydrogen-bond donors (Lipinski definition) is 1. The summed E-state index contributed by atoms with van der Waals surface area (Å²) in [5, 5.41) is 14.4. The van der Waals surface area contributed by atoms with Gasteiger partial charge in [-0.25, -0.2) is 9.97 Å². The predicted octanol–water partition coefficient (Wildman–Crippen LogP) is 3.99. The molecule has 2 aromatic carbocycles. The second-order valence-corrected chi connectivity index (χ2v) is 8.58. The van der Waals surface area contributed by atoms with Crippen molar-refractivity contribution in [2.24, 2.45) is 5.92 Å². The summed E-state index contributed by atoms with van der Waals surface area (Å²) in [7, 11) is 0. The minimum absolute atomic E-state index is 0.0674. The molecule has 1 aromatic heterocycles. The van der Waals surface area contributed by atoms with Gasteiger partial charge < -0.3 is 15.1 Å². The molecule has 5 rings (SSSR count).